The molecule has 0 amide bonds. The minimum absolute atomic E-state index is 0.103. The molecule has 0 unspecified atom stereocenters. The summed E-state index contributed by atoms with van der Waals surface area (Å²) in [5.74, 6) is -0.261. The van der Waals surface area contributed by atoms with Crippen molar-refractivity contribution in [1.82, 2.24) is 14.7 Å². The van der Waals surface area contributed by atoms with E-state index >= 15 is 0 Å². The van der Waals surface area contributed by atoms with Crippen molar-refractivity contribution in [2.24, 2.45) is 0 Å². The molecule has 1 aliphatic rings. The Bertz CT molecular complexity index is 387. The zero-order chi connectivity index (χ0) is 11.5. The SMILES string of the molecule is O=[N+]([O-])c1nn(CCN2CCCC2)cc1Cl. The summed E-state index contributed by atoms with van der Waals surface area (Å²) in [5, 5.41) is 14.5. The molecule has 7 heteroatoms. The quantitative estimate of drug-likeness (QED) is 0.595. The number of likely N-dealkylation sites (tertiary alicyclic amines) is 1. The maximum atomic E-state index is 10.5. The molecule has 0 aromatic carbocycles. The lowest BCUT2D eigenvalue weighted by atomic mass is 10.4. The molecule has 0 radical (unpaired) electrons. The summed E-state index contributed by atoms with van der Waals surface area (Å²) in [6, 6.07) is 0. The van der Waals surface area contributed by atoms with Gasteiger partial charge in [0.1, 0.15) is 0 Å². The number of nitro groups is 1. The molecule has 16 heavy (non-hydrogen) atoms. The molecule has 0 spiro atoms. The first-order valence-corrected chi connectivity index (χ1v) is 5.64. The highest BCUT2D eigenvalue weighted by Crippen LogP contribution is 2.21. The average Bonchev–Trinajstić information content (AvgIpc) is 2.83. The van der Waals surface area contributed by atoms with Gasteiger partial charge in [0, 0.05) is 6.54 Å². The predicted molar refractivity (Wildman–Crippen MR) is 59.6 cm³/mol. The molecule has 1 fully saturated rings. The highest BCUT2D eigenvalue weighted by molar-refractivity contribution is 6.32. The lowest BCUT2D eigenvalue weighted by Gasteiger charge is -2.12. The zero-order valence-corrected chi connectivity index (χ0v) is 9.56. The lowest BCUT2D eigenvalue weighted by Crippen LogP contribution is -2.24. The number of rotatable bonds is 4. The molecule has 0 N–H and O–H groups in total. The third-order valence-electron chi connectivity index (χ3n) is 2.72. The molecular weight excluding hydrogens is 232 g/mol. The second-order valence-corrected chi connectivity index (χ2v) is 4.28. The van der Waals surface area contributed by atoms with Crippen molar-refractivity contribution in [2.45, 2.75) is 19.4 Å². The summed E-state index contributed by atoms with van der Waals surface area (Å²) in [6.07, 6.45) is 3.98. The number of halogens is 1. The second-order valence-electron chi connectivity index (χ2n) is 3.87. The van der Waals surface area contributed by atoms with Crippen molar-refractivity contribution in [1.29, 1.82) is 0 Å². The third kappa shape index (κ3) is 2.51. The number of aromatic nitrogens is 2. The molecule has 1 aromatic rings. The van der Waals surface area contributed by atoms with Gasteiger partial charge in [-0.3, -0.25) is 0 Å². The number of nitrogens with zero attached hydrogens (tertiary/aromatic N) is 4. The van der Waals surface area contributed by atoms with Crippen molar-refractivity contribution in [3.8, 4) is 0 Å². The van der Waals surface area contributed by atoms with Crippen LogP contribution in [0, 0.1) is 10.1 Å². The smallest absolute Gasteiger partial charge is 0.358 e. The number of hydrogen-bond donors (Lipinski definition) is 0. The van der Waals surface area contributed by atoms with Gasteiger partial charge >= 0.3 is 5.82 Å². The summed E-state index contributed by atoms with van der Waals surface area (Å²) >= 11 is 5.70. The summed E-state index contributed by atoms with van der Waals surface area (Å²) in [7, 11) is 0. The summed E-state index contributed by atoms with van der Waals surface area (Å²) in [5.41, 5.74) is 0. The van der Waals surface area contributed by atoms with Crippen LogP contribution in [0.1, 0.15) is 12.8 Å². The summed E-state index contributed by atoms with van der Waals surface area (Å²) in [6.45, 7) is 3.73. The maximum absolute atomic E-state index is 10.5. The van der Waals surface area contributed by atoms with E-state index in [0.717, 1.165) is 19.6 Å². The van der Waals surface area contributed by atoms with Crippen LogP contribution in [0.15, 0.2) is 6.20 Å². The third-order valence-corrected chi connectivity index (χ3v) is 2.98. The largest absolute Gasteiger partial charge is 0.408 e. The van der Waals surface area contributed by atoms with Gasteiger partial charge in [0.25, 0.3) is 0 Å². The van der Waals surface area contributed by atoms with E-state index in [1.807, 2.05) is 0 Å². The van der Waals surface area contributed by atoms with E-state index in [9.17, 15) is 10.1 Å². The lowest BCUT2D eigenvalue weighted by molar-refractivity contribution is -0.389. The van der Waals surface area contributed by atoms with Crippen molar-refractivity contribution < 1.29 is 4.92 Å². The Balaban J connectivity index is 1.94. The molecule has 0 aliphatic carbocycles. The molecular formula is C9H13ClN4O2. The molecule has 0 bridgehead atoms. The van der Waals surface area contributed by atoms with Gasteiger partial charge in [-0.1, -0.05) is 11.6 Å². The Morgan fingerprint density at radius 3 is 2.69 bits per heavy atom. The minimum atomic E-state index is -0.561. The van der Waals surface area contributed by atoms with Crippen LogP contribution in [-0.2, 0) is 6.54 Å². The fraction of sp³-hybridized carbons (Fsp3) is 0.667. The fourth-order valence-electron chi connectivity index (χ4n) is 1.88. The van der Waals surface area contributed by atoms with Gasteiger partial charge in [-0.15, -0.1) is 0 Å². The van der Waals surface area contributed by atoms with E-state index < -0.39 is 4.92 Å². The van der Waals surface area contributed by atoms with Gasteiger partial charge in [-0.25, -0.2) is 0 Å². The first-order chi connectivity index (χ1) is 7.66. The molecule has 0 atom stereocenters. The van der Waals surface area contributed by atoms with E-state index in [-0.39, 0.29) is 10.8 Å². The van der Waals surface area contributed by atoms with Crippen LogP contribution in [0.4, 0.5) is 5.82 Å². The van der Waals surface area contributed by atoms with E-state index in [1.54, 1.807) is 4.68 Å². The van der Waals surface area contributed by atoms with Gasteiger partial charge in [-0.2, -0.15) is 4.68 Å². The van der Waals surface area contributed by atoms with Crippen LogP contribution < -0.4 is 0 Å². The highest BCUT2D eigenvalue weighted by atomic mass is 35.5. The van der Waals surface area contributed by atoms with Gasteiger partial charge in [0.15, 0.2) is 5.02 Å². The van der Waals surface area contributed by atoms with Gasteiger partial charge in [0.2, 0.25) is 0 Å². The Hall–Kier alpha value is -1.14. The van der Waals surface area contributed by atoms with E-state index in [1.165, 1.54) is 19.0 Å². The first-order valence-electron chi connectivity index (χ1n) is 5.26. The van der Waals surface area contributed by atoms with Crippen molar-refractivity contribution in [3.05, 3.63) is 21.3 Å². The fourth-order valence-corrected chi connectivity index (χ4v) is 2.09. The monoisotopic (exact) mass is 244 g/mol. The first kappa shape index (κ1) is 11.3. The van der Waals surface area contributed by atoms with Crippen molar-refractivity contribution in [2.75, 3.05) is 19.6 Å². The van der Waals surface area contributed by atoms with Crippen LogP contribution in [0.25, 0.3) is 0 Å². The van der Waals surface area contributed by atoms with Crippen molar-refractivity contribution in [3.63, 3.8) is 0 Å². The summed E-state index contributed by atoms with van der Waals surface area (Å²) < 4.78 is 1.54. The molecule has 1 aromatic heterocycles. The molecule has 2 heterocycles. The van der Waals surface area contributed by atoms with E-state index in [0.29, 0.717) is 6.54 Å². The zero-order valence-electron chi connectivity index (χ0n) is 8.80. The molecule has 88 valence electrons. The van der Waals surface area contributed by atoms with Crippen LogP contribution in [0.2, 0.25) is 5.02 Å². The van der Waals surface area contributed by atoms with Gasteiger partial charge < -0.3 is 15.0 Å². The number of hydrogen-bond acceptors (Lipinski definition) is 4. The van der Waals surface area contributed by atoms with Crippen LogP contribution in [0.3, 0.4) is 0 Å². The minimum Gasteiger partial charge on any atom is -0.358 e. The standard InChI is InChI=1S/C9H13ClN4O2/c10-8-7-13(11-9(8)14(15)16)6-5-12-3-1-2-4-12/h7H,1-6H2. The normalized spacial score (nSPS) is 16.8. The molecule has 2 rings (SSSR count). The second kappa shape index (κ2) is 4.80. The topological polar surface area (TPSA) is 64.2 Å². The summed E-state index contributed by atoms with van der Waals surface area (Å²) in [4.78, 5) is 12.3. The van der Waals surface area contributed by atoms with Crippen LogP contribution in [-0.4, -0.2) is 39.2 Å². The average molecular weight is 245 g/mol. The van der Waals surface area contributed by atoms with Gasteiger partial charge in [0.05, 0.1) is 17.8 Å². The Kier molecular flexibility index (Phi) is 3.40. The predicted octanol–water partition coefficient (Wildman–Crippen LogP) is 1.54. The van der Waals surface area contributed by atoms with E-state index in [2.05, 4.69) is 10.00 Å². The van der Waals surface area contributed by atoms with E-state index in [4.69, 9.17) is 11.6 Å². The Morgan fingerprint density at radius 1 is 1.44 bits per heavy atom. The molecule has 6 nitrogen and oxygen atoms in total. The molecule has 1 aliphatic heterocycles. The maximum Gasteiger partial charge on any atom is 0.408 e. The van der Waals surface area contributed by atoms with Crippen LogP contribution >= 0.6 is 11.6 Å². The molecule has 1 saturated heterocycles. The Morgan fingerprint density at radius 2 is 2.12 bits per heavy atom. The van der Waals surface area contributed by atoms with Crippen molar-refractivity contribution >= 4 is 17.4 Å². The molecule has 0 saturated carbocycles. The van der Waals surface area contributed by atoms with Gasteiger partial charge in [-0.05, 0) is 30.9 Å². The van der Waals surface area contributed by atoms with Crippen LogP contribution in [0.5, 0.6) is 0 Å². The Labute approximate surface area is 97.9 Å². The highest BCUT2D eigenvalue weighted by Gasteiger charge is 2.19.